The van der Waals surface area contributed by atoms with Gasteiger partial charge in [-0.1, -0.05) is 33.9 Å². The number of hydrogen-bond donors (Lipinski definition) is 1. The monoisotopic (exact) mass is 276 g/mol. The lowest BCUT2D eigenvalue weighted by Gasteiger charge is -2.36. The molecule has 0 aromatic carbocycles. The molecule has 1 aromatic rings. The third kappa shape index (κ3) is 3.14. The van der Waals surface area contributed by atoms with Gasteiger partial charge in [-0.25, -0.2) is 12.8 Å². The average Bonchev–Trinajstić information content (AvgIpc) is 2.48. The lowest BCUT2D eigenvalue weighted by molar-refractivity contribution is 0.577. The van der Waals surface area contributed by atoms with Crippen LogP contribution in [0.3, 0.4) is 0 Å². The van der Waals surface area contributed by atoms with E-state index in [9.17, 15) is 8.42 Å². The molecule has 1 heterocycles. The summed E-state index contributed by atoms with van der Waals surface area (Å²) in [6.07, 6.45) is 1.26. The van der Waals surface area contributed by atoms with Crippen molar-refractivity contribution in [2.24, 2.45) is 7.05 Å². The Morgan fingerprint density at radius 2 is 1.88 bits per heavy atom. The second kappa shape index (κ2) is 4.18. The molecule has 0 bridgehead atoms. The summed E-state index contributed by atoms with van der Waals surface area (Å²) < 4.78 is 27.0. The molecule has 0 aliphatic carbocycles. The first kappa shape index (κ1) is 14.3. The van der Waals surface area contributed by atoms with Gasteiger partial charge < -0.3 is 0 Å². The molecule has 6 nitrogen and oxygen atoms in total. The van der Waals surface area contributed by atoms with Crippen LogP contribution in [-0.2, 0) is 17.1 Å². The summed E-state index contributed by atoms with van der Waals surface area (Å²) >= 11 is 0. The van der Waals surface area contributed by atoms with Gasteiger partial charge in [-0.3, -0.25) is 0 Å². The topological polar surface area (TPSA) is 76.9 Å². The molecule has 98 valence electrons. The lowest BCUT2D eigenvalue weighted by atomic mass is 10.2. The largest absolute Gasteiger partial charge is 0.255 e. The Hall–Kier alpha value is -0.733. The molecule has 1 rings (SSSR count). The summed E-state index contributed by atoms with van der Waals surface area (Å²) in [6, 6.07) is 0. The molecule has 0 radical (unpaired) electrons. The number of nitrogens with zero attached hydrogens (tertiary/aromatic N) is 3. The van der Waals surface area contributed by atoms with Crippen molar-refractivity contribution in [2.75, 3.05) is 0 Å². The molecule has 17 heavy (non-hydrogen) atoms. The van der Waals surface area contributed by atoms with Gasteiger partial charge in [0.2, 0.25) is 5.03 Å². The fourth-order valence-electron chi connectivity index (χ4n) is 0.992. The maximum atomic E-state index is 12.1. The smallest absolute Gasteiger partial charge is 0.231 e. The maximum absolute atomic E-state index is 12.1. The predicted molar refractivity (Wildman–Crippen MR) is 68.5 cm³/mol. The summed E-state index contributed by atoms with van der Waals surface area (Å²) in [4.78, 5) is 1.24. The van der Waals surface area contributed by atoms with Crippen LogP contribution in [0.2, 0.25) is 18.1 Å². The molecule has 0 amide bonds. The van der Waals surface area contributed by atoms with E-state index >= 15 is 0 Å². The molecule has 0 unspecified atom stereocenters. The summed E-state index contributed by atoms with van der Waals surface area (Å²) in [5.74, 6) is 0. The van der Waals surface area contributed by atoms with Gasteiger partial charge in [0, 0.05) is 7.05 Å². The van der Waals surface area contributed by atoms with Crippen LogP contribution in [0.15, 0.2) is 11.2 Å². The number of nitrogens with one attached hydrogen (secondary N) is 1. The van der Waals surface area contributed by atoms with Gasteiger partial charge in [-0.2, -0.15) is 9.90 Å². The molecular weight excluding hydrogens is 256 g/mol. The van der Waals surface area contributed by atoms with E-state index in [1.54, 1.807) is 7.05 Å². The quantitative estimate of drug-likeness (QED) is 0.839. The predicted octanol–water partition coefficient (Wildman–Crippen LogP) is 1.10. The van der Waals surface area contributed by atoms with Crippen LogP contribution in [0.4, 0.5) is 0 Å². The van der Waals surface area contributed by atoms with E-state index < -0.39 is 18.3 Å². The van der Waals surface area contributed by atoms with E-state index in [-0.39, 0.29) is 10.1 Å². The second-order valence-corrected chi connectivity index (χ2v) is 12.6. The van der Waals surface area contributed by atoms with Crippen LogP contribution in [0.25, 0.3) is 0 Å². The van der Waals surface area contributed by atoms with Crippen molar-refractivity contribution in [1.29, 1.82) is 0 Å². The fraction of sp³-hybridized carbons (Fsp3) is 0.778. The van der Waals surface area contributed by atoms with E-state index in [0.717, 1.165) is 0 Å². The first-order valence-corrected chi connectivity index (χ1v) is 9.84. The van der Waals surface area contributed by atoms with Crippen molar-refractivity contribution in [3.05, 3.63) is 6.20 Å². The second-order valence-electron chi connectivity index (χ2n) is 5.65. The van der Waals surface area contributed by atoms with Gasteiger partial charge in [-0.15, -0.1) is 5.10 Å². The van der Waals surface area contributed by atoms with Gasteiger partial charge in [0.15, 0.2) is 0 Å². The number of aryl methyl sites for hydroxylation is 1. The highest BCUT2D eigenvalue weighted by Gasteiger charge is 2.40. The summed E-state index contributed by atoms with van der Waals surface area (Å²) in [5.41, 5.74) is 0. The maximum Gasteiger partial charge on any atom is 0.255 e. The summed E-state index contributed by atoms with van der Waals surface area (Å²) in [7, 11) is -4.10. The number of sulfonamides is 1. The van der Waals surface area contributed by atoms with E-state index in [1.807, 2.05) is 33.9 Å². The van der Waals surface area contributed by atoms with Gasteiger partial charge in [0.05, 0.1) is 6.20 Å². The van der Waals surface area contributed by atoms with Gasteiger partial charge >= 0.3 is 0 Å². The van der Waals surface area contributed by atoms with E-state index in [1.165, 1.54) is 11.0 Å². The Morgan fingerprint density at radius 3 is 2.24 bits per heavy atom. The Kier molecular flexibility index (Phi) is 3.52. The molecule has 0 saturated carbocycles. The molecule has 1 aromatic heterocycles. The van der Waals surface area contributed by atoms with Crippen molar-refractivity contribution >= 4 is 18.3 Å². The molecule has 8 heteroatoms. The highest BCUT2D eigenvalue weighted by atomic mass is 32.2. The number of aromatic nitrogens is 3. The Balaban J connectivity index is 3.03. The number of rotatable bonds is 3. The molecule has 0 aliphatic rings. The normalized spacial score (nSPS) is 14.0. The zero-order valence-corrected chi connectivity index (χ0v) is 13.0. The molecule has 0 aliphatic heterocycles. The van der Waals surface area contributed by atoms with Crippen LogP contribution in [0.1, 0.15) is 20.8 Å². The molecule has 1 N–H and O–H groups in total. The Labute approximate surface area is 104 Å². The summed E-state index contributed by atoms with van der Waals surface area (Å²) in [5, 5.41) is 7.51. The Morgan fingerprint density at radius 1 is 1.35 bits per heavy atom. The minimum absolute atomic E-state index is 0.0233. The van der Waals surface area contributed by atoms with Crippen LogP contribution < -0.4 is 4.39 Å². The van der Waals surface area contributed by atoms with E-state index in [4.69, 9.17) is 0 Å². The molecule has 0 fully saturated rings. The molecular formula is C9H20N4O2SSi. The molecule has 0 atom stereocenters. The number of hydrogen-bond acceptors (Lipinski definition) is 4. The van der Waals surface area contributed by atoms with E-state index in [0.29, 0.717) is 0 Å². The SMILES string of the molecule is Cn1ncc(S(=O)(=O)N[Si](C)(C)C(C)(C)C)n1. The first-order chi connectivity index (χ1) is 7.46. The minimum atomic E-state index is -3.56. The minimum Gasteiger partial charge on any atom is -0.231 e. The average molecular weight is 276 g/mol. The van der Waals surface area contributed by atoms with Crippen molar-refractivity contribution in [3.8, 4) is 0 Å². The van der Waals surface area contributed by atoms with Crippen molar-refractivity contribution in [3.63, 3.8) is 0 Å². The van der Waals surface area contributed by atoms with Crippen molar-refractivity contribution in [2.45, 2.75) is 43.9 Å². The van der Waals surface area contributed by atoms with Crippen LogP contribution in [0.5, 0.6) is 0 Å². The van der Waals surface area contributed by atoms with Crippen LogP contribution in [0, 0.1) is 0 Å². The lowest BCUT2D eigenvalue weighted by Crippen LogP contribution is -2.54. The van der Waals surface area contributed by atoms with Crippen LogP contribution in [-0.4, -0.2) is 31.6 Å². The molecule has 0 spiro atoms. The van der Waals surface area contributed by atoms with Crippen molar-refractivity contribution in [1.82, 2.24) is 19.4 Å². The molecule has 0 saturated heterocycles. The van der Waals surface area contributed by atoms with Gasteiger partial charge in [-0.05, 0) is 5.04 Å². The van der Waals surface area contributed by atoms with Crippen LogP contribution >= 0.6 is 0 Å². The zero-order chi connectivity index (χ0) is 13.5. The van der Waals surface area contributed by atoms with Crippen molar-refractivity contribution < 1.29 is 8.42 Å². The zero-order valence-electron chi connectivity index (χ0n) is 11.1. The first-order valence-electron chi connectivity index (χ1n) is 5.36. The third-order valence-corrected chi connectivity index (χ3v) is 10.7. The third-order valence-electron chi connectivity index (χ3n) is 3.12. The highest BCUT2D eigenvalue weighted by molar-refractivity contribution is 7.90. The Bertz CT molecular complexity index is 501. The highest BCUT2D eigenvalue weighted by Crippen LogP contribution is 2.34. The van der Waals surface area contributed by atoms with Gasteiger partial charge in [0.1, 0.15) is 8.24 Å². The fourth-order valence-corrected chi connectivity index (χ4v) is 5.73. The van der Waals surface area contributed by atoms with E-state index in [2.05, 4.69) is 14.6 Å². The van der Waals surface area contributed by atoms with Gasteiger partial charge in [0.25, 0.3) is 10.0 Å². The standard InChI is InChI=1S/C9H20N4O2SSi/c1-9(2,3)17(5,6)12-16(14,15)8-7-10-13(4)11-8/h7,12H,1-6H3. The summed E-state index contributed by atoms with van der Waals surface area (Å²) in [6.45, 7) is 10.1.